The lowest BCUT2D eigenvalue weighted by Crippen LogP contribution is -2.42. The Morgan fingerprint density at radius 3 is 2.00 bits per heavy atom. The zero-order valence-electron chi connectivity index (χ0n) is 7.93. The van der Waals surface area contributed by atoms with Gasteiger partial charge in [0.05, 0.1) is 0 Å². The van der Waals surface area contributed by atoms with Gasteiger partial charge < -0.3 is 0 Å². The maximum absolute atomic E-state index is 2.74. The third-order valence-electron chi connectivity index (χ3n) is 3.61. The Labute approximate surface area is 69.8 Å². The Morgan fingerprint density at radius 1 is 1.27 bits per heavy atom. The molecule has 0 spiro atoms. The van der Waals surface area contributed by atoms with Gasteiger partial charge in [-0.15, -0.1) is 0 Å². The third-order valence-corrected chi connectivity index (χ3v) is 3.61. The standard InChI is InChI=1S/C10H19N/c1-8(2)11-9-4-6-10(11,3)7-5-9/h8-9H,4-7H2,1-3H3. The first-order chi connectivity index (χ1) is 5.13. The molecule has 0 aliphatic carbocycles. The number of fused-ring (bicyclic) bond motifs is 2. The van der Waals surface area contributed by atoms with Crippen LogP contribution < -0.4 is 0 Å². The molecule has 0 aromatic rings. The van der Waals surface area contributed by atoms with Crippen molar-refractivity contribution in [3.63, 3.8) is 0 Å². The maximum Gasteiger partial charge on any atom is 0.0188 e. The van der Waals surface area contributed by atoms with Gasteiger partial charge in [0.25, 0.3) is 0 Å². The molecule has 0 aromatic carbocycles. The number of hydrogen-bond donors (Lipinski definition) is 0. The second-order valence-electron chi connectivity index (χ2n) is 4.73. The molecule has 2 bridgehead atoms. The average molecular weight is 153 g/mol. The van der Waals surface area contributed by atoms with Gasteiger partial charge in [0.15, 0.2) is 0 Å². The highest BCUT2D eigenvalue weighted by Gasteiger charge is 2.48. The molecule has 64 valence electrons. The number of hydrogen-bond acceptors (Lipinski definition) is 1. The summed E-state index contributed by atoms with van der Waals surface area (Å²) in [5.41, 5.74) is 0.582. The smallest absolute Gasteiger partial charge is 0.0188 e. The summed E-state index contributed by atoms with van der Waals surface area (Å²) in [6, 6.07) is 1.69. The quantitative estimate of drug-likeness (QED) is 0.559. The van der Waals surface area contributed by atoms with Gasteiger partial charge >= 0.3 is 0 Å². The van der Waals surface area contributed by atoms with E-state index in [2.05, 4.69) is 25.7 Å². The van der Waals surface area contributed by atoms with Crippen molar-refractivity contribution in [3.8, 4) is 0 Å². The molecule has 1 heteroatoms. The zero-order chi connectivity index (χ0) is 8.06. The van der Waals surface area contributed by atoms with Crippen molar-refractivity contribution in [3.05, 3.63) is 0 Å². The third kappa shape index (κ3) is 0.936. The predicted molar refractivity (Wildman–Crippen MR) is 47.6 cm³/mol. The maximum atomic E-state index is 2.74. The summed E-state index contributed by atoms with van der Waals surface area (Å²) in [5.74, 6) is 0. The fourth-order valence-electron chi connectivity index (χ4n) is 3.25. The summed E-state index contributed by atoms with van der Waals surface area (Å²) in [7, 11) is 0. The van der Waals surface area contributed by atoms with Crippen LogP contribution in [0.3, 0.4) is 0 Å². The van der Waals surface area contributed by atoms with Crippen LogP contribution in [0.25, 0.3) is 0 Å². The second-order valence-corrected chi connectivity index (χ2v) is 4.73. The fourth-order valence-corrected chi connectivity index (χ4v) is 3.25. The van der Waals surface area contributed by atoms with Crippen LogP contribution in [0, 0.1) is 0 Å². The summed E-state index contributed by atoms with van der Waals surface area (Å²) < 4.78 is 0. The SMILES string of the molecule is CC(C)N1C2CCC1(C)CC2. The molecule has 0 saturated carbocycles. The molecule has 2 rings (SSSR count). The van der Waals surface area contributed by atoms with Crippen LogP contribution in [0.15, 0.2) is 0 Å². The summed E-state index contributed by atoms with van der Waals surface area (Å²) in [6.07, 6.45) is 5.79. The van der Waals surface area contributed by atoms with E-state index in [4.69, 9.17) is 0 Å². The van der Waals surface area contributed by atoms with Crippen molar-refractivity contribution in [2.75, 3.05) is 0 Å². The van der Waals surface area contributed by atoms with E-state index >= 15 is 0 Å². The van der Waals surface area contributed by atoms with Crippen molar-refractivity contribution in [1.29, 1.82) is 0 Å². The van der Waals surface area contributed by atoms with Crippen molar-refractivity contribution in [2.24, 2.45) is 0 Å². The summed E-state index contributed by atoms with van der Waals surface area (Å²) in [4.78, 5) is 2.74. The van der Waals surface area contributed by atoms with Crippen LogP contribution in [0.1, 0.15) is 46.5 Å². The van der Waals surface area contributed by atoms with E-state index in [1.165, 1.54) is 25.7 Å². The molecular formula is C10H19N. The van der Waals surface area contributed by atoms with Crippen LogP contribution in [0.4, 0.5) is 0 Å². The number of rotatable bonds is 1. The molecule has 2 aliphatic rings. The monoisotopic (exact) mass is 153 g/mol. The molecule has 2 saturated heterocycles. The zero-order valence-corrected chi connectivity index (χ0v) is 7.93. The normalized spacial score (nSPS) is 44.2. The Morgan fingerprint density at radius 2 is 1.82 bits per heavy atom. The highest BCUT2D eigenvalue weighted by atomic mass is 15.3. The van der Waals surface area contributed by atoms with E-state index in [1.807, 2.05) is 0 Å². The highest BCUT2D eigenvalue weighted by Crippen LogP contribution is 2.46. The van der Waals surface area contributed by atoms with Crippen molar-refractivity contribution in [1.82, 2.24) is 4.90 Å². The molecule has 11 heavy (non-hydrogen) atoms. The van der Waals surface area contributed by atoms with Gasteiger partial charge in [-0.05, 0) is 46.5 Å². The fraction of sp³-hybridized carbons (Fsp3) is 1.00. The molecule has 0 unspecified atom stereocenters. The van der Waals surface area contributed by atoms with E-state index in [9.17, 15) is 0 Å². The van der Waals surface area contributed by atoms with E-state index in [0.29, 0.717) is 5.54 Å². The molecule has 0 N–H and O–H groups in total. The first kappa shape index (κ1) is 7.60. The molecule has 2 fully saturated rings. The first-order valence-corrected chi connectivity index (χ1v) is 4.92. The Hall–Kier alpha value is -0.0400. The lowest BCUT2D eigenvalue weighted by atomic mass is 9.90. The minimum Gasteiger partial charge on any atom is -0.293 e. The molecule has 0 atom stereocenters. The lowest BCUT2D eigenvalue weighted by Gasteiger charge is -2.34. The van der Waals surface area contributed by atoms with Crippen LogP contribution in [0.2, 0.25) is 0 Å². The van der Waals surface area contributed by atoms with Crippen LogP contribution in [-0.2, 0) is 0 Å². The average Bonchev–Trinajstić information content (AvgIpc) is 2.39. The molecule has 0 radical (unpaired) electrons. The van der Waals surface area contributed by atoms with Gasteiger partial charge in [-0.1, -0.05) is 0 Å². The Bertz CT molecular complexity index is 154. The van der Waals surface area contributed by atoms with Gasteiger partial charge in [-0.2, -0.15) is 0 Å². The van der Waals surface area contributed by atoms with Gasteiger partial charge in [-0.3, -0.25) is 4.90 Å². The topological polar surface area (TPSA) is 3.24 Å². The van der Waals surface area contributed by atoms with Crippen LogP contribution in [-0.4, -0.2) is 22.5 Å². The Balaban J connectivity index is 2.21. The van der Waals surface area contributed by atoms with Gasteiger partial charge in [0.1, 0.15) is 0 Å². The van der Waals surface area contributed by atoms with Crippen molar-refractivity contribution >= 4 is 0 Å². The molecule has 0 aromatic heterocycles. The molecule has 2 aliphatic heterocycles. The van der Waals surface area contributed by atoms with E-state index < -0.39 is 0 Å². The molecular weight excluding hydrogens is 134 g/mol. The van der Waals surface area contributed by atoms with Gasteiger partial charge in [0, 0.05) is 17.6 Å². The second kappa shape index (κ2) is 2.22. The van der Waals surface area contributed by atoms with Crippen molar-refractivity contribution < 1.29 is 0 Å². The molecule has 2 heterocycles. The summed E-state index contributed by atoms with van der Waals surface area (Å²) in [6.45, 7) is 7.11. The minimum absolute atomic E-state index is 0.582. The van der Waals surface area contributed by atoms with Gasteiger partial charge in [0.2, 0.25) is 0 Å². The Kier molecular flexibility index (Phi) is 1.54. The molecule has 1 nitrogen and oxygen atoms in total. The van der Waals surface area contributed by atoms with Gasteiger partial charge in [-0.25, -0.2) is 0 Å². The lowest BCUT2D eigenvalue weighted by molar-refractivity contribution is 0.130. The number of nitrogens with zero attached hydrogens (tertiary/aromatic N) is 1. The van der Waals surface area contributed by atoms with Crippen LogP contribution >= 0.6 is 0 Å². The predicted octanol–water partition coefficient (Wildman–Crippen LogP) is 2.41. The van der Waals surface area contributed by atoms with E-state index in [-0.39, 0.29) is 0 Å². The van der Waals surface area contributed by atoms with E-state index in [1.54, 1.807) is 0 Å². The summed E-state index contributed by atoms with van der Waals surface area (Å²) in [5, 5.41) is 0. The van der Waals surface area contributed by atoms with Crippen molar-refractivity contribution in [2.45, 2.75) is 64.1 Å². The first-order valence-electron chi connectivity index (χ1n) is 4.92. The molecule has 0 amide bonds. The summed E-state index contributed by atoms with van der Waals surface area (Å²) >= 11 is 0. The highest BCUT2D eigenvalue weighted by molar-refractivity contribution is 5.05. The van der Waals surface area contributed by atoms with Crippen LogP contribution in [0.5, 0.6) is 0 Å². The minimum atomic E-state index is 0.582. The van der Waals surface area contributed by atoms with E-state index in [0.717, 1.165) is 12.1 Å². The largest absolute Gasteiger partial charge is 0.293 e.